The highest BCUT2D eigenvalue weighted by Crippen LogP contribution is 2.59. The van der Waals surface area contributed by atoms with Gasteiger partial charge in [-0.1, -0.05) is 12.1 Å². The van der Waals surface area contributed by atoms with Gasteiger partial charge in [0.25, 0.3) is 0 Å². The summed E-state index contributed by atoms with van der Waals surface area (Å²) >= 11 is 3.95. The fourth-order valence-electron chi connectivity index (χ4n) is 3.57. The smallest absolute Gasteiger partial charge is 0.399 e. The van der Waals surface area contributed by atoms with Crippen LogP contribution in [0.5, 0.6) is 0 Å². The summed E-state index contributed by atoms with van der Waals surface area (Å²) in [6.45, 7) is 8.00. The number of benzene rings is 1. The van der Waals surface area contributed by atoms with Crippen molar-refractivity contribution >= 4 is 36.1 Å². The molecule has 1 aliphatic carbocycles. The zero-order valence-corrected chi connectivity index (χ0v) is 15.7. The monoisotopic (exact) mass is 352 g/mol. The van der Waals surface area contributed by atoms with Crippen LogP contribution in [-0.2, 0) is 19.8 Å². The molecule has 3 aliphatic rings. The number of halogens is 1. The number of fused-ring (bicyclic) bond motifs is 2. The second-order valence-electron chi connectivity index (χ2n) is 7.53. The molecular weight excluding hydrogens is 330 g/mol. The molecule has 4 rings (SSSR count). The van der Waals surface area contributed by atoms with E-state index in [1.54, 1.807) is 0 Å². The van der Waals surface area contributed by atoms with Crippen LogP contribution >= 0.6 is 23.5 Å². The summed E-state index contributed by atoms with van der Waals surface area (Å²) in [5.74, 6) is 2.20. The van der Waals surface area contributed by atoms with Gasteiger partial charge in [0.2, 0.25) is 0 Å². The van der Waals surface area contributed by atoms with Crippen molar-refractivity contribution in [3.63, 3.8) is 0 Å². The first-order valence-electron chi connectivity index (χ1n) is 8.21. The molecule has 0 radical (unpaired) electrons. The van der Waals surface area contributed by atoms with Gasteiger partial charge in [-0.2, -0.15) is 0 Å². The van der Waals surface area contributed by atoms with Crippen LogP contribution in [0.3, 0.4) is 0 Å². The molecule has 2 saturated heterocycles. The lowest BCUT2D eigenvalue weighted by atomic mass is 9.77. The van der Waals surface area contributed by atoms with Crippen molar-refractivity contribution in [3.8, 4) is 0 Å². The van der Waals surface area contributed by atoms with Crippen molar-refractivity contribution in [2.75, 3.05) is 11.5 Å². The third kappa shape index (κ3) is 2.32. The highest BCUT2D eigenvalue weighted by molar-refractivity contribution is 8.20. The largest absolute Gasteiger partial charge is 0.497 e. The summed E-state index contributed by atoms with van der Waals surface area (Å²) in [5.41, 5.74) is 1.72. The van der Waals surface area contributed by atoms with Crippen LogP contribution in [-0.4, -0.2) is 29.8 Å². The first-order chi connectivity index (χ1) is 10.8. The molecule has 2 heterocycles. The molecule has 0 aromatic heterocycles. The van der Waals surface area contributed by atoms with Gasteiger partial charge in [-0.3, -0.25) is 0 Å². The Labute approximate surface area is 146 Å². The van der Waals surface area contributed by atoms with Crippen LogP contribution in [0, 0.1) is 5.82 Å². The summed E-state index contributed by atoms with van der Waals surface area (Å²) in [7, 11) is -0.620. The van der Waals surface area contributed by atoms with Crippen LogP contribution < -0.4 is 5.46 Å². The van der Waals surface area contributed by atoms with Crippen molar-refractivity contribution in [3.05, 3.63) is 29.1 Å². The second-order valence-corrected chi connectivity index (χ2v) is 10.6. The van der Waals surface area contributed by atoms with Gasteiger partial charge in [0.1, 0.15) is 5.82 Å². The Bertz CT molecular complexity index is 640. The lowest BCUT2D eigenvalue weighted by Gasteiger charge is -2.32. The van der Waals surface area contributed by atoms with Crippen molar-refractivity contribution in [1.29, 1.82) is 0 Å². The summed E-state index contributed by atoms with van der Waals surface area (Å²) in [6, 6.07) is 3.99. The molecule has 2 fully saturated rings. The molecule has 0 bridgehead atoms. The summed E-state index contributed by atoms with van der Waals surface area (Å²) in [5, 5.41) is 0. The maximum Gasteiger partial charge on any atom is 0.497 e. The molecule has 1 aromatic rings. The summed E-state index contributed by atoms with van der Waals surface area (Å²) in [6.07, 6.45) is 1.84. The quantitative estimate of drug-likeness (QED) is 0.717. The van der Waals surface area contributed by atoms with Gasteiger partial charge in [0, 0.05) is 17.0 Å². The average Bonchev–Trinajstić information content (AvgIpc) is 3.12. The van der Waals surface area contributed by atoms with Gasteiger partial charge in [0.15, 0.2) is 0 Å². The standard InChI is InChI=1S/C17H22BFO2S2/c1-15(2)16(3,4)21-18(20-15)13-6-5-12-11(14(13)19)7-8-17(12)22-9-10-23-17/h5-6H,7-10H2,1-4H3. The summed E-state index contributed by atoms with van der Waals surface area (Å²) < 4.78 is 27.3. The van der Waals surface area contributed by atoms with E-state index in [0.717, 1.165) is 29.9 Å². The molecule has 1 spiro atoms. The van der Waals surface area contributed by atoms with Crippen LogP contribution in [0.2, 0.25) is 0 Å². The van der Waals surface area contributed by atoms with E-state index in [1.165, 1.54) is 5.56 Å². The minimum atomic E-state index is -0.620. The second kappa shape index (κ2) is 5.17. The third-order valence-electron chi connectivity index (χ3n) is 5.65. The van der Waals surface area contributed by atoms with Crippen molar-refractivity contribution < 1.29 is 13.7 Å². The molecule has 23 heavy (non-hydrogen) atoms. The molecule has 1 aromatic carbocycles. The first-order valence-corrected chi connectivity index (χ1v) is 10.2. The average molecular weight is 352 g/mol. The van der Waals surface area contributed by atoms with Gasteiger partial charge in [-0.05, 0) is 51.7 Å². The van der Waals surface area contributed by atoms with Gasteiger partial charge < -0.3 is 9.31 Å². The minimum Gasteiger partial charge on any atom is -0.399 e. The molecule has 0 amide bonds. The van der Waals surface area contributed by atoms with E-state index >= 15 is 4.39 Å². The van der Waals surface area contributed by atoms with Gasteiger partial charge in [-0.25, -0.2) is 4.39 Å². The molecule has 0 unspecified atom stereocenters. The lowest BCUT2D eigenvalue weighted by molar-refractivity contribution is 0.00578. The Morgan fingerprint density at radius 3 is 2.26 bits per heavy atom. The Kier molecular flexibility index (Phi) is 3.66. The van der Waals surface area contributed by atoms with E-state index in [1.807, 2.05) is 57.3 Å². The van der Waals surface area contributed by atoms with Crippen molar-refractivity contribution in [1.82, 2.24) is 0 Å². The Morgan fingerprint density at radius 2 is 1.65 bits per heavy atom. The van der Waals surface area contributed by atoms with Crippen LogP contribution in [0.15, 0.2) is 12.1 Å². The predicted molar refractivity (Wildman–Crippen MR) is 97.0 cm³/mol. The number of hydrogen-bond acceptors (Lipinski definition) is 4. The van der Waals surface area contributed by atoms with E-state index in [2.05, 4.69) is 6.07 Å². The molecular formula is C17H22BFO2S2. The molecule has 0 atom stereocenters. The van der Waals surface area contributed by atoms with E-state index in [0.29, 0.717) is 5.46 Å². The molecule has 0 saturated carbocycles. The van der Waals surface area contributed by atoms with Crippen LogP contribution in [0.25, 0.3) is 0 Å². The fraction of sp³-hybridized carbons (Fsp3) is 0.647. The van der Waals surface area contributed by atoms with Crippen LogP contribution in [0.1, 0.15) is 45.2 Å². The highest BCUT2D eigenvalue weighted by atomic mass is 32.2. The van der Waals surface area contributed by atoms with E-state index in [4.69, 9.17) is 9.31 Å². The molecule has 2 aliphatic heterocycles. The van der Waals surface area contributed by atoms with E-state index in [-0.39, 0.29) is 9.90 Å². The third-order valence-corrected chi connectivity index (χ3v) is 9.21. The van der Waals surface area contributed by atoms with Gasteiger partial charge >= 0.3 is 7.12 Å². The minimum absolute atomic E-state index is 0.0879. The van der Waals surface area contributed by atoms with E-state index in [9.17, 15) is 0 Å². The normalized spacial score (nSPS) is 26.9. The molecule has 124 valence electrons. The Morgan fingerprint density at radius 1 is 1.04 bits per heavy atom. The lowest BCUT2D eigenvalue weighted by Crippen LogP contribution is -2.41. The van der Waals surface area contributed by atoms with Crippen LogP contribution in [0.4, 0.5) is 4.39 Å². The maximum absolute atomic E-state index is 15.2. The number of rotatable bonds is 1. The molecule has 0 N–H and O–H groups in total. The summed E-state index contributed by atoms with van der Waals surface area (Å²) in [4.78, 5) is 0. The van der Waals surface area contributed by atoms with Crippen molar-refractivity contribution in [2.24, 2.45) is 0 Å². The topological polar surface area (TPSA) is 18.5 Å². The fourth-order valence-corrected chi connectivity index (χ4v) is 6.92. The Hall–Kier alpha value is -0.165. The van der Waals surface area contributed by atoms with Crippen molar-refractivity contribution in [2.45, 2.75) is 55.8 Å². The Balaban J connectivity index is 1.71. The zero-order valence-electron chi connectivity index (χ0n) is 14.1. The zero-order chi connectivity index (χ0) is 16.5. The molecule has 2 nitrogen and oxygen atoms in total. The maximum atomic E-state index is 15.2. The van der Waals surface area contributed by atoms with Gasteiger partial charge in [0.05, 0.1) is 15.3 Å². The SMILES string of the molecule is CC1(C)OB(c2ccc3c(c2F)CCC32SCCS2)OC1(C)C. The first kappa shape index (κ1) is 16.3. The highest BCUT2D eigenvalue weighted by Gasteiger charge is 2.53. The molecule has 6 heteroatoms. The van der Waals surface area contributed by atoms with E-state index < -0.39 is 18.3 Å². The number of thioether (sulfide) groups is 2. The predicted octanol–water partition coefficient (Wildman–Crippen LogP) is 3.70. The number of hydrogen-bond donors (Lipinski definition) is 0. The van der Waals surface area contributed by atoms with Gasteiger partial charge in [-0.15, -0.1) is 23.5 Å².